The van der Waals surface area contributed by atoms with E-state index in [1.807, 2.05) is 27.7 Å². The summed E-state index contributed by atoms with van der Waals surface area (Å²) in [7, 11) is 0. The number of nitrogens with zero attached hydrogens (tertiary/aromatic N) is 1. The molecule has 1 aliphatic heterocycles. The average molecular weight is 245 g/mol. The van der Waals surface area contributed by atoms with Gasteiger partial charge in [0.15, 0.2) is 0 Å². The molecule has 1 rings (SSSR count). The predicted octanol–water partition coefficient (Wildman–Crippen LogP) is 1.39. The van der Waals surface area contributed by atoms with Crippen molar-refractivity contribution in [3.63, 3.8) is 0 Å². The molecule has 0 aromatic carbocycles. The third kappa shape index (κ3) is 4.52. The van der Waals surface area contributed by atoms with E-state index in [1.54, 1.807) is 4.90 Å². The zero-order valence-electron chi connectivity index (χ0n) is 11.1. The standard InChI is InChI=1S/C12H23NO4/c1-5-9-6-13(7-10(8-14)16-9)11(15)17-12(2,3)4/h9-10,14H,5-8H2,1-4H3/t9-,10-/m1/s1. The van der Waals surface area contributed by atoms with Crippen molar-refractivity contribution in [3.8, 4) is 0 Å². The van der Waals surface area contributed by atoms with Crippen LogP contribution in [0.1, 0.15) is 34.1 Å². The second kappa shape index (κ2) is 5.69. The van der Waals surface area contributed by atoms with Crippen molar-refractivity contribution >= 4 is 6.09 Å². The van der Waals surface area contributed by atoms with Gasteiger partial charge in [-0.05, 0) is 27.2 Å². The topological polar surface area (TPSA) is 59.0 Å². The second-order valence-electron chi connectivity index (χ2n) is 5.36. The first-order valence-corrected chi connectivity index (χ1v) is 6.10. The second-order valence-corrected chi connectivity index (χ2v) is 5.36. The number of amides is 1. The smallest absolute Gasteiger partial charge is 0.410 e. The van der Waals surface area contributed by atoms with Gasteiger partial charge in [0.2, 0.25) is 0 Å². The van der Waals surface area contributed by atoms with Gasteiger partial charge in [-0.25, -0.2) is 4.79 Å². The number of aliphatic hydroxyl groups is 1. The zero-order chi connectivity index (χ0) is 13.1. The molecule has 5 nitrogen and oxygen atoms in total. The van der Waals surface area contributed by atoms with E-state index in [1.165, 1.54) is 0 Å². The van der Waals surface area contributed by atoms with E-state index in [4.69, 9.17) is 14.6 Å². The van der Waals surface area contributed by atoms with Crippen LogP contribution in [-0.2, 0) is 9.47 Å². The number of carbonyl (C=O) groups is 1. The lowest BCUT2D eigenvalue weighted by molar-refractivity contribution is -0.103. The molecule has 1 amide bonds. The average Bonchev–Trinajstić information content (AvgIpc) is 2.26. The fourth-order valence-corrected chi connectivity index (χ4v) is 1.73. The third-order valence-corrected chi connectivity index (χ3v) is 2.54. The molecule has 0 radical (unpaired) electrons. The molecule has 0 saturated carbocycles. The molecule has 0 unspecified atom stereocenters. The van der Waals surface area contributed by atoms with Crippen molar-refractivity contribution in [2.24, 2.45) is 0 Å². The molecule has 0 bridgehead atoms. The molecule has 0 aromatic rings. The van der Waals surface area contributed by atoms with Crippen molar-refractivity contribution < 1.29 is 19.4 Å². The Balaban J connectivity index is 2.59. The molecular weight excluding hydrogens is 222 g/mol. The van der Waals surface area contributed by atoms with E-state index in [-0.39, 0.29) is 24.9 Å². The first-order valence-electron chi connectivity index (χ1n) is 6.10. The van der Waals surface area contributed by atoms with E-state index >= 15 is 0 Å². The molecule has 2 atom stereocenters. The normalized spacial score (nSPS) is 25.8. The first-order chi connectivity index (χ1) is 7.85. The number of morpholine rings is 1. The van der Waals surface area contributed by atoms with Gasteiger partial charge in [-0.1, -0.05) is 6.92 Å². The molecule has 0 aliphatic carbocycles. The fourth-order valence-electron chi connectivity index (χ4n) is 1.73. The minimum atomic E-state index is -0.494. The van der Waals surface area contributed by atoms with Gasteiger partial charge in [-0.3, -0.25) is 0 Å². The van der Waals surface area contributed by atoms with E-state index in [2.05, 4.69) is 0 Å². The van der Waals surface area contributed by atoms with E-state index < -0.39 is 5.60 Å². The molecule has 5 heteroatoms. The number of hydrogen-bond acceptors (Lipinski definition) is 4. The minimum absolute atomic E-state index is 0.0200. The molecule has 1 N–H and O–H groups in total. The maximum atomic E-state index is 11.9. The molecule has 1 saturated heterocycles. The summed E-state index contributed by atoms with van der Waals surface area (Å²) >= 11 is 0. The predicted molar refractivity (Wildman–Crippen MR) is 63.8 cm³/mol. The Labute approximate surface area is 103 Å². The van der Waals surface area contributed by atoms with E-state index in [0.717, 1.165) is 6.42 Å². The fraction of sp³-hybridized carbons (Fsp3) is 0.917. The summed E-state index contributed by atoms with van der Waals surface area (Å²) in [6, 6.07) is 0. The maximum absolute atomic E-state index is 11.9. The van der Waals surface area contributed by atoms with Crippen LogP contribution in [0.15, 0.2) is 0 Å². The largest absolute Gasteiger partial charge is 0.444 e. The number of carbonyl (C=O) groups excluding carboxylic acids is 1. The highest BCUT2D eigenvalue weighted by Gasteiger charge is 2.31. The summed E-state index contributed by atoms with van der Waals surface area (Å²) in [6.07, 6.45) is 0.155. The Bertz CT molecular complexity index is 250. The number of hydrogen-bond donors (Lipinski definition) is 1. The molecule has 1 aliphatic rings. The van der Waals surface area contributed by atoms with Crippen LogP contribution in [0, 0.1) is 0 Å². The summed E-state index contributed by atoms with van der Waals surface area (Å²) in [5.41, 5.74) is -0.494. The van der Waals surface area contributed by atoms with Crippen LogP contribution >= 0.6 is 0 Å². The summed E-state index contributed by atoms with van der Waals surface area (Å²) < 4.78 is 10.9. The van der Waals surface area contributed by atoms with Crippen molar-refractivity contribution in [2.75, 3.05) is 19.7 Å². The summed E-state index contributed by atoms with van der Waals surface area (Å²) in [5.74, 6) is 0. The van der Waals surface area contributed by atoms with Crippen LogP contribution in [0.3, 0.4) is 0 Å². The van der Waals surface area contributed by atoms with Crippen LogP contribution in [0.5, 0.6) is 0 Å². The van der Waals surface area contributed by atoms with Gasteiger partial charge in [0, 0.05) is 0 Å². The van der Waals surface area contributed by atoms with Crippen molar-refractivity contribution in [1.29, 1.82) is 0 Å². The highest BCUT2D eigenvalue weighted by molar-refractivity contribution is 5.68. The molecule has 0 aromatic heterocycles. The van der Waals surface area contributed by atoms with Crippen molar-refractivity contribution in [2.45, 2.75) is 51.9 Å². The Hall–Kier alpha value is -0.810. The minimum Gasteiger partial charge on any atom is -0.444 e. The maximum Gasteiger partial charge on any atom is 0.410 e. The van der Waals surface area contributed by atoms with Crippen LogP contribution in [0.4, 0.5) is 4.79 Å². The summed E-state index contributed by atoms with van der Waals surface area (Å²) in [5, 5.41) is 9.13. The molecular formula is C12H23NO4. The highest BCUT2D eigenvalue weighted by atomic mass is 16.6. The molecule has 100 valence electrons. The van der Waals surface area contributed by atoms with E-state index in [9.17, 15) is 4.79 Å². The van der Waals surface area contributed by atoms with Gasteiger partial charge < -0.3 is 19.5 Å². The van der Waals surface area contributed by atoms with Gasteiger partial charge >= 0.3 is 6.09 Å². The van der Waals surface area contributed by atoms with Crippen molar-refractivity contribution in [1.82, 2.24) is 4.90 Å². The monoisotopic (exact) mass is 245 g/mol. The molecule has 1 fully saturated rings. The lowest BCUT2D eigenvalue weighted by atomic mass is 10.2. The van der Waals surface area contributed by atoms with Gasteiger partial charge in [-0.15, -0.1) is 0 Å². The molecule has 17 heavy (non-hydrogen) atoms. The SMILES string of the molecule is CC[C@@H]1CN(C(=O)OC(C)(C)C)C[C@H](CO)O1. The Morgan fingerprint density at radius 3 is 2.47 bits per heavy atom. The van der Waals surface area contributed by atoms with Gasteiger partial charge in [-0.2, -0.15) is 0 Å². The summed E-state index contributed by atoms with van der Waals surface area (Å²) in [4.78, 5) is 13.5. The summed E-state index contributed by atoms with van der Waals surface area (Å²) in [6.45, 7) is 8.36. The molecule has 1 heterocycles. The zero-order valence-corrected chi connectivity index (χ0v) is 11.1. The van der Waals surface area contributed by atoms with Crippen LogP contribution in [-0.4, -0.2) is 53.6 Å². The van der Waals surface area contributed by atoms with Crippen LogP contribution in [0.25, 0.3) is 0 Å². The highest BCUT2D eigenvalue weighted by Crippen LogP contribution is 2.17. The lowest BCUT2D eigenvalue weighted by Crippen LogP contribution is -2.52. The number of rotatable bonds is 2. The van der Waals surface area contributed by atoms with Crippen LogP contribution < -0.4 is 0 Å². The number of ether oxygens (including phenoxy) is 2. The van der Waals surface area contributed by atoms with Gasteiger partial charge in [0.05, 0.1) is 31.9 Å². The molecule has 0 spiro atoms. The lowest BCUT2D eigenvalue weighted by Gasteiger charge is -2.37. The Morgan fingerprint density at radius 2 is 2.00 bits per heavy atom. The first kappa shape index (κ1) is 14.3. The van der Waals surface area contributed by atoms with Gasteiger partial charge in [0.25, 0.3) is 0 Å². The Morgan fingerprint density at radius 1 is 1.41 bits per heavy atom. The van der Waals surface area contributed by atoms with Crippen LogP contribution in [0.2, 0.25) is 0 Å². The number of aliphatic hydroxyl groups excluding tert-OH is 1. The Kier molecular flexibility index (Phi) is 4.77. The van der Waals surface area contributed by atoms with Gasteiger partial charge in [0.1, 0.15) is 5.60 Å². The quantitative estimate of drug-likeness (QED) is 0.798. The van der Waals surface area contributed by atoms with Crippen molar-refractivity contribution in [3.05, 3.63) is 0 Å². The van der Waals surface area contributed by atoms with E-state index in [0.29, 0.717) is 13.1 Å². The third-order valence-electron chi connectivity index (χ3n) is 2.54.